The van der Waals surface area contributed by atoms with Crippen LogP contribution >= 0.6 is 15.9 Å². The molecule has 4 aromatic rings. The fourth-order valence-corrected chi connectivity index (χ4v) is 3.40. The van der Waals surface area contributed by atoms with Crippen molar-refractivity contribution in [2.24, 2.45) is 0 Å². The van der Waals surface area contributed by atoms with Gasteiger partial charge in [-0.05, 0) is 58.8 Å². The molecule has 0 bridgehead atoms. The number of anilines is 1. The zero-order valence-electron chi connectivity index (χ0n) is 15.8. The van der Waals surface area contributed by atoms with Crippen LogP contribution in [0.5, 0.6) is 0 Å². The number of halogens is 1. The molecule has 30 heavy (non-hydrogen) atoms. The number of hydrogen-bond donors (Lipinski definition) is 2. The standard InChI is InChI=1S/C24H17BrN2O3/c25-19-8-3-5-16(13-19)14-21(27-24(29)22-9-4-12-30-22)23(28)26-20-11-10-17-6-1-2-7-18(17)15-20/h1-15H,(H,26,28)(H,27,29). The van der Waals surface area contributed by atoms with Crippen LogP contribution in [0.4, 0.5) is 5.69 Å². The average Bonchev–Trinajstić information content (AvgIpc) is 3.28. The van der Waals surface area contributed by atoms with Gasteiger partial charge in [-0.2, -0.15) is 0 Å². The van der Waals surface area contributed by atoms with Crippen LogP contribution < -0.4 is 10.6 Å². The molecule has 0 aliphatic heterocycles. The maximum atomic E-state index is 13.0. The van der Waals surface area contributed by atoms with Crippen LogP contribution in [0.3, 0.4) is 0 Å². The fraction of sp³-hybridized carbons (Fsp3) is 0. The predicted molar refractivity (Wildman–Crippen MR) is 121 cm³/mol. The van der Waals surface area contributed by atoms with Gasteiger partial charge in [0.15, 0.2) is 5.76 Å². The minimum Gasteiger partial charge on any atom is -0.459 e. The predicted octanol–water partition coefficient (Wildman–Crippen LogP) is 5.60. The van der Waals surface area contributed by atoms with Gasteiger partial charge in [0.1, 0.15) is 5.70 Å². The zero-order chi connectivity index (χ0) is 20.9. The highest BCUT2D eigenvalue weighted by Gasteiger charge is 2.17. The van der Waals surface area contributed by atoms with Crippen molar-refractivity contribution in [2.45, 2.75) is 0 Å². The first-order chi connectivity index (χ1) is 14.6. The third-order valence-corrected chi connectivity index (χ3v) is 4.90. The molecule has 0 aliphatic carbocycles. The SMILES string of the molecule is O=C(Nc1ccc2ccccc2c1)C(=Cc1cccc(Br)c1)NC(=O)c1ccco1. The van der Waals surface area contributed by atoms with Gasteiger partial charge in [0, 0.05) is 10.2 Å². The van der Waals surface area contributed by atoms with Crippen molar-refractivity contribution in [2.75, 3.05) is 5.32 Å². The summed E-state index contributed by atoms with van der Waals surface area (Å²) in [6, 6.07) is 24.1. The fourth-order valence-electron chi connectivity index (χ4n) is 2.98. The Hall–Kier alpha value is -3.64. The summed E-state index contributed by atoms with van der Waals surface area (Å²) in [5.41, 5.74) is 1.49. The van der Waals surface area contributed by atoms with Gasteiger partial charge in [-0.25, -0.2) is 0 Å². The van der Waals surface area contributed by atoms with Crippen molar-refractivity contribution in [3.63, 3.8) is 0 Å². The molecule has 0 fully saturated rings. The number of carbonyl (C=O) groups is 2. The van der Waals surface area contributed by atoms with Gasteiger partial charge < -0.3 is 15.1 Å². The highest BCUT2D eigenvalue weighted by molar-refractivity contribution is 9.10. The minimum atomic E-state index is -0.505. The molecule has 148 valence electrons. The highest BCUT2D eigenvalue weighted by atomic mass is 79.9. The van der Waals surface area contributed by atoms with E-state index < -0.39 is 11.8 Å². The average molecular weight is 461 g/mol. The molecule has 0 spiro atoms. The number of benzene rings is 3. The highest BCUT2D eigenvalue weighted by Crippen LogP contribution is 2.20. The smallest absolute Gasteiger partial charge is 0.291 e. The molecule has 0 radical (unpaired) electrons. The Morgan fingerprint density at radius 3 is 2.47 bits per heavy atom. The second-order valence-corrected chi connectivity index (χ2v) is 7.48. The van der Waals surface area contributed by atoms with Crippen molar-refractivity contribution in [3.05, 3.63) is 107 Å². The maximum Gasteiger partial charge on any atom is 0.291 e. The van der Waals surface area contributed by atoms with E-state index in [0.717, 1.165) is 20.8 Å². The molecule has 5 nitrogen and oxygen atoms in total. The van der Waals surface area contributed by atoms with Gasteiger partial charge in [0.05, 0.1) is 6.26 Å². The Bertz CT molecular complexity index is 1250. The lowest BCUT2D eigenvalue weighted by molar-refractivity contribution is -0.113. The van der Waals surface area contributed by atoms with Gasteiger partial charge in [-0.15, -0.1) is 0 Å². The number of furan rings is 1. The van der Waals surface area contributed by atoms with E-state index in [1.165, 1.54) is 12.3 Å². The van der Waals surface area contributed by atoms with Crippen molar-refractivity contribution >= 4 is 50.3 Å². The molecule has 0 saturated carbocycles. The first kappa shape index (κ1) is 19.7. The Morgan fingerprint density at radius 2 is 1.70 bits per heavy atom. The van der Waals surface area contributed by atoms with Crippen molar-refractivity contribution in [3.8, 4) is 0 Å². The van der Waals surface area contributed by atoms with Crippen molar-refractivity contribution < 1.29 is 14.0 Å². The van der Waals surface area contributed by atoms with Gasteiger partial charge in [-0.3, -0.25) is 9.59 Å². The van der Waals surface area contributed by atoms with Crippen molar-refractivity contribution in [1.29, 1.82) is 0 Å². The Kier molecular flexibility index (Phi) is 5.77. The summed E-state index contributed by atoms with van der Waals surface area (Å²) >= 11 is 3.42. The van der Waals surface area contributed by atoms with Gasteiger partial charge in [0.25, 0.3) is 11.8 Å². The van der Waals surface area contributed by atoms with Gasteiger partial charge >= 0.3 is 0 Å². The van der Waals surface area contributed by atoms with E-state index >= 15 is 0 Å². The van der Waals surface area contributed by atoms with Crippen molar-refractivity contribution in [1.82, 2.24) is 5.32 Å². The molecule has 0 aliphatic rings. The van der Waals surface area contributed by atoms with Gasteiger partial charge in [0.2, 0.25) is 0 Å². The third kappa shape index (κ3) is 4.67. The van der Waals surface area contributed by atoms with Crippen LogP contribution in [-0.2, 0) is 4.79 Å². The molecule has 0 saturated heterocycles. The third-order valence-electron chi connectivity index (χ3n) is 4.40. The van der Waals surface area contributed by atoms with E-state index in [-0.39, 0.29) is 11.5 Å². The summed E-state index contributed by atoms with van der Waals surface area (Å²) in [5.74, 6) is -0.825. The monoisotopic (exact) mass is 460 g/mol. The van der Waals surface area contributed by atoms with Crippen LogP contribution in [-0.4, -0.2) is 11.8 Å². The Morgan fingerprint density at radius 1 is 0.867 bits per heavy atom. The molecular formula is C24H17BrN2O3. The maximum absolute atomic E-state index is 13.0. The summed E-state index contributed by atoms with van der Waals surface area (Å²) < 4.78 is 6.00. The number of fused-ring (bicyclic) bond motifs is 1. The topological polar surface area (TPSA) is 71.3 Å². The molecule has 1 aromatic heterocycles. The molecule has 2 amide bonds. The molecular weight excluding hydrogens is 444 g/mol. The van der Waals surface area contributed by atoms with E-state index in [0.29, 0.717) is 5.69 Å². The second kappa shape index (κ2) is 8.80. The lowest BCUT2D eigenvalue weighted by Crippen LogP contribution is -2.30. The van der Waals surface area contributed by atoms with E-state index in [9.17, 15) is 9.59 Å². The summed E-state index contributed by atoms with van der Waals surface area (Å²) in [7, 11) is 0. The van der Waals surface area contributed by atoms with Gasteiger partial charge in [-0.1, -0.05) is 58.4 Å². The normalized spacial score (nSPS) is 11.3. The molecule has 4 rings (SSSR count). The first-order valence-electron chi connectivity index (χ1n) is 9.21. The number of amides is 2. The van der Waals surface area contributed by atoms with Crippen LogP contribution in [0.2, 0.25) is 0 Å². The number of nitrogens with one attached hydrogen (secondary N) is 2. The summed E-state index contributed by atoms with van der Waals surface area (Å²) in [6.07, 6.45) is 3.02. The largest absolute Gasteiger partial charge is 0.459 e. The van der Waals surface area contributed by atoms with Crippen LogP contribution in [0.25, 0.3) is 16.8 Å². The number of carbonyl (C=O) groups excluding carboxylic acids is 2. The lowest BCUT2D eigenvalue weighted by Gasteiger charge is -2.11. The number of rotatable bonds is 5. The lowest BCUT2D eigenvalue weighted by atomic mass is 10.1. The van der Waals surface area contributed by atoms with Crippen LogP contribution in [0.1, 0.15) is 16.1 Å². The molecule has 6 heteroatoms. The summed E-state index contributed by atoms with van der Waals surface area (Å²) in [5, 5.41) is 7.58. The first-order valence-corrected chi connectivity index (χ1v) is 10.00. The summed E-state index contributed by atoms with van der Waals surface area (Å²) in [6.45, 7) is 0. The molecule has 0 unspecified atom stereocenters. The second-order valence-electron chi connectivity index (χ2n) is 6.56. The molecule has 3 aromatic carbocycles. The van der Waals surface area contributed by atoms with E-state index in [2.05, 4.69) is 26.6 Å². The van der Waals surface area contributed by atoms with E-state index in [4.69, 9.17) is 4.42 Å². The molecule has 2 N–H and O–H groups in total. The molecule has 1 heterocycles. The van der Waals surface area contributed by atoms with E-state index in [1.807, 2.05) is 66.7 Å². The molecule has 0 atom stereocenters. The quantitative estimate of drug-likeness (QED) is 0.380. The Balaban J connectivity index is 1.63. The van der Waals surface area contributed by atoms with Crippen LogP contribution in [0.15, 0.2) is 99.7 Å². The Labute approximate surface area is 181 Å². The number of hydrogen-bond acceptors (Lipinski definition) is 3. The van der Waals surface area contributed by atoms with E-state index in [1.54, 1.807) is 12.1 Å². The zero-order valence-corrected chi connectivity index (χ0v) is 17.3. The summed E-state index contributed by atoms with van der Waals surface area (Å²) in [4.78, 5) is 25.5. The van der Waals surface area contributed by atoms with Crippen LogP contribution in [0, 0.1) is 0 Å². The minimum absolute atomic E-state index is 0.0997.